The fraction of sp³-hybridized carbons (Fsp3) is 0.100. The summed E-state index contributed by atoms with van der Waals surface area (Å²) in [6, 6.07) is 7.45. The maximum Gasteiger partial charge on any atom is 0.259 e. The van der Waals surface area contributed by atoms with Gasteiger partial charge in [0.05, 0.1) is 5.56 Å². The normalized spacial score (nSPS) is 10.3. The number of benzene rings is 1. The van der Waals surface area contributed by atoms with Crippen molar-refractivity contribution in [2.24, 2.45) is 0 Å². The molecule has 76 valence electrons. The van der Waals surface area contributed by atoms with Crippen molar-refractivity contribution in [2.45, 2.75) is 6.92 Å². The lowest BCUT2D eigenvalue weighted by Gasteiger charge is -1.95. The van der Waals surface area contributed by atoms with Crippen molar-refractivity contribution in [3.8, 4) is 11.5 Å². The molecule has 0 fully saturated rings. The number of halogens is 1. The molecule has 0 aliphatic heterocycles. The van der Waals surface area contributed by atoms with E-state index in [0.29, 0.717) is 5.89 Å². The Bertz CT molecular complexity index is 508. The van der Waals surface area contributed by atoms with Gasteiger partial charge in [-0.25, -0.2) is 0 Å². The number of hydrogen-bond donors (Lipinski definition) is 0. The van der Waals surface area contributed by atoms with Crippen LogP contribution in [-0.2, 0) is 0 Å². The van der Waals surface area contributed by atoms with Gasteiger partial charge in [-0.05, 0) is 28.1 Å². The Balaban J connectivity index is 2.46. The van der Waals surface area contributed by atoms with E-state index in [2.05, 4.69) is 26.1 Å². The van der Waals surface area contributed by atoms with Gasteiger partial charge in [0.15, 0.2) is 0 Å². The molecule has 0 saturated heterocycles. The quantitative estimate of drug-likeness (QED) is 0.785. The summed E-state index contributed by atoms with van der Waals surface area (Å²) in [5.74, 6) is 0.227. The van der Waals surface area contributed by atoms with Crippen molar-refractivity contribution in [3.63, 3.8) is 0 Å². The molecule has 0 aliphatic rings. The third-order valence-electron chi connectivity index (χ3n) is 1.85. The monoisotopic (exact) mass is 266 g/mol. The van der Waals surface area contributed by atoms with E-state index in [4.69, 9.17) is 4.52 Å². The summed E-state index contributed by atoms with van der Waals surface area (Å²) in [7, 11) is 0. The first kappa shape index (κ1) is 10.0. The number of rotatable bonds is 2. The molecule has 0 aliphatic carbocycles. The molecular formula is C10H7BrN2O2. The zero-order valence-electron chi connectivity index (χ0n) is 7.90. The molecule has 15 heavy (non-hydrogen) atoms. The van der Waals surface area contributed by atoms with E-state index >= 15 is 0 Å². The van der Waals surface area contributed by atoms with E-state index in [1.54, 1.807) is 0 Å². The van der Waals surface area contributed by atoms with Gasteiger partial charge in [-0.2, -0.15) is 4.98 Å². The van der Waals surface area contributed by atoms with Gasteiger partial charge in [0.25, 0.3) is 5.89 Å². The highest BCUT2D eigenvalue weighted by atomic mass is 79.9. The summed E-state index contributed by atoms with van der Waals surface area (Å²) >= 11 is 3.37. The summed E-state index contributed by atoms with van der Waals surface area (Å²) in [5.41, 5.74) is 0.775. The highest BCUT2D eigenvalue weighted by Gasteiger charge is 2.13. The first-order valence-electron chi connectivity index (χ1n) is 4.28. The highest BCUT2D eigenvalue weighted by molar-refractivity contribution is 9.10. The van der Waals surface area contributed by atoms with E-state index in [1.165, 1.54) is 6.92 Å². The van der Waals surface area contributed by atoms with Gasteiger partial charge >= 0.3 is 0 Å². The van der Waals surface area contributed by atoms with E-state index in [1.807, 2.05) is 24.3 Å². The van der Waals surface area contributed by atoms with Crippen LogP contribution < -0.4 is 0 Å². The molecule has 0 radical (unpaired) electrons. The zero-order chi connectivity index (χ0) is 10.8. The Morgan fingerprint density at radius 1 is 1.40 bits per heavy atom. The molecule has 1 heterocycles. The summed E-state index contributed by atoms with van der Waals surface area (Å²) < 4.78 is 5.83. The van der Waals surface area contributed by atoms with Gasteiger partial charge in [-0.1, -0.05) is 17.3 Å². The molecule has 0 amide bonds. The molecule has 0 atom stereocenters. The second-order valence-corrected chi connectivity index (χ2v) is 3.81. The smallest absolute Gasteiger partial charge is 0.259 e. The standard InChI is InChI=1S/C10H7BrN2O2/c1-6(14)9-12-10(15-13-9)7-4-2-3-5-8(7)11/h2-5H,1H3. The molecular weight excluding hydrogens is 260 g/mol. The van der Waals surface area contributed by atoms with E-state index in [9.17, 15) is 4.79 Å². The molecule has 0 N–H and O–H groups in total. The molecule has 5 heteroatoms. The minimum absolute atomic E-state index is 0.0979. The van der Waals surface area contributed by atoms with Crippen LogP contribution in [0.25, 0.3) is 11.5 Å². The lowest BCUT2D eigenvalue weighted by Crippen LogP contribution is -1.94. The summed E-state index contributed by atoms with van der Waals surface area (Å²) in [6.45, 7) is 1.40. The van der Waals surface area contributed by atoms with Crippen LogP contribution in [0.5, 0.6) is 0 Å². The highest BCUT2D eigenvalue weighted by Crippen LogP contribution is 2.26. The van der Waals surface area contributed by atoms with Crippen molar-refractivity contribution >= 4 is 21.7 Å². The maximum atomic E-state index is 11.0. The third-order valence-corrected chi connectivity index (χ3v) is 2.54. The molecule has 2 aromatic rings. The zero-order valence-corrected chi connectivity index (χ0v) is 9.48. The van der Waals surface area contributed by atoms with Gasteiger partial charge in [0.1, 0.15) is 0 Å². The summed E-state index contributed by atoms with van der Waals surface area (Å²) in [6.07, 6.45) is 0. The molecule has 0 spiro atoms. The van der Waals surface area contributed by atoms with Crippen LogP contribution in [-0.4, -0.2) is 15.9 Å². The van der Waals surface area contributed by atoms with Crippen LogP contribution in [0.3, 0.4) is 0 Å². The van der Waals surface area contributed by atoms with Crippen molar-refractivity contribution in [2.75, 3.05) is 0 Å². The Kier molecular flexibility index (Phi) is 2.64. The molecule has 2 rings (SSSR count). The Labute approximate surface area is 94.4 Å². The van der Waals surface area contributed by atoms with Crippen LogP contribution in [0.4, 0.5) is 0 Å². The predicted molar refractivity (Wildman–Crippen MR) is 57.4 cm³/mol. The number of hydrogen-bond acceptors (Lipinski definition) is 4. The number of ketones is 1. The van der Waals surface area contributed by atoms with Crippen LogP contribution in [0.1, 0.15) is 17.5 Å². The van der Waals surface area contributed by atoms with Crippen molar-refractivity contribution in [1.82, 2.24) is 10.1 Å². The van der Waals surface area contributed by atoms with Crippen molar-refractivity contribution in [3.05, 3.63) is 34.6 Å². The fourth-order valence-corrected chi connectivity index (χ4v) is 1.56. The SMILES string of the molecule is CC(=O)c1noc(-c2ccccc2Br)n1. The van der Waals surface area contributed by atoms with Crippen molar-refractivity contribution < 1.29 is 9.32 Å². The minimum Gasteiger partial charge on any atom is -0.333 e. The molecule has 0 unspecified atom stereocenters. The van der Waals surface area contributed by atoms with Gasteiger partial charge in [-0.15, -0.1) is 0 Å². The average Bonchev–Trinajstić information content (AvgIpc) is 2.67. The summed E-state index contributed by atoms with van der Waals surface area (Å²) in [5, 5.41) is 3.58. The Morgan fingerprint density at radius 3 is 2.73 bits per heavy atom. The largest absolute Gasteiger partial charge is 0.333 e. The second-order valence-electron chi connectivity index (χ2n) is 2.96. The number of carbonyl (C=O) groups excluding carboxylic acids is 1. The summed E-state index contributed by atoms with van der Waals surface area (Å²) in [4.78, 5) is 15.0. The maximum absolute atomic E-state index is 11.0. The molecule has 4 nitrogen and oxygen atoms in total. The van der Waals surface area contributed by atoms with Gasteiger partial charge < -0.3 is 4.52 Å². The lowest BCUT2D eigenvalue weighted by atomic mass is 10.2. The molecule has 0 saturated carbocycles. The number of Topliss-reactive ketones (excluding diaryl/α,β-unsaturated/α-hetero) is 1. The van der Waals surface area contributed by atoms with Gasteiger partial charge in [-0.3, -0.25) is 4.79 Å². The predicted octanol–water partition coefficient (Wildman–Crippen LogP) is 2.70. The third kappa shape index (κ3) is 1.97. The second kappa shape index (κ2) is 3.94. The van der Waals surface area contributed by atoms with Crippen LogP contribution in [0, 0.1) is 0 Å². The molecule has 1 aromatic carbocycles. The number of carbonyl (C=O) groups is 1. The van der Waals surface area contributed by atoms with Crippen LogP contribution in [0.2, 0.25) is 0 Å². The number of nitrogens with zero attached hydrogens (tertiary/aromatic N) is 2. The molecule has 1 aromatic heterocycles. The number of aromatic nitrogens is 2. The van der Waals surface area contributed by atoms with E-state index in [0.717, 1.165) is 10.0 Å². The van der Waals surface area contributed by atoms with Gasteiger partial charge in [0, 0.05) is 11.4 Å². The van der Waals surface area contributed by atoms with Gasteiger partial charge in [0.2, 0.25) is 11.6 Å². The first-order chi connectivity index (χ1) is 7.18. The average molecular weight is 267 g/mol. The molecule has 0 bridgehead atoms. The van der Waals surface area contributed by atoms with Crippen LogP contribution in [0.15, 0.2) is 33.3 Å². The Hall–Kier alpha value is -1.49. The van der Waals surface area contributed by atoms with Crippen molar-refractivity contribution in [1.29, 1.82) is 0 Å². The topological polar surface area (TPSA) is 56.0 Å². The Morgan fingerprint density at radius 2 is 2.13 bits per heavy atom. The minimum atomic E-state index is -0.211. The first-order valence-corrected chi connectivity index (χ1v) is 5.07. The van der Waals surface area contributed by atoms with Crippen LogP contribution >= 0.6 is 15.9 Å². The lowest BCUT2D eigenvalue weighted by molar-refractivity contribution is 0.100. The fourth-order valence-electron chi connectivity index (χ4n) is 1.11. The van der Waals surface area contributed by atoms with E-state index < -0.39 is 0 Å². The van der Waals surface area contributed by atoms with E-state index in [-0.39, 0.29) is 11.6 Å².